The topological polar surface area (TPSA) is 95.9 Å². The van der Waals surface area contributed by atoms with Gasteiger partial charge in [-0.3, -0.25) is 9.59 Å². The van der Waals surface area contributed by atoms with Gasteiger partial charge in [0.05, 0.1) is 25.4 Å². The van der Waals surface area contributed by atoms with Crippen molar-refractivity contribution in [3.05, 3.63) is 36.5 Å². The second kappa shape index (κ2) is 58.6. The van der Waals surface area contributed by atoms with Gasteiger partial charge in [0.2, 0.25) is 5.91 Å². The molecule has 2 atom stereocenters. The molecule has 6 heteroatoms. The summed E-state index contributed by atoms with van der Waals surface area (Å²) in [7, 11) is 0. The lowest BCUT2D eigenvalue weighted by Gasteiger charge is -2.20. The predicted molar refractivity (Wildman–Crippen MR) is 301 cm³/mol. The second-order valence-electron chi connectivity index (χ2n) is 21.0. The summed E-state index contributed by atoms with van der Waals surface area (Å²) in [6.45, 7) is 4.87. The van der Waals surface area contributed by atoms with Crippen molar-refractivity contribution in [3.63, 3.8) is 0 Å². The predicted octanol–water partition coefficient (Wildman–Crippen LogP) is 19.2. The van der Waals surface area contributed by atoms with Crippen LogP contribution in [0.25, 0.3) is 0 Å². The molecule has 0 rings (SSSR count). The van der Waals surface area contributed by atoms with Crippen LogP contribution < -0.4 is 5.32 Å². The lowest BCUT2D eigenvalue weighted by Crippen LogP contribution is -2.45. The molecule has 3 N–H and O–H groups in total. The van der Waals surface area contributed by atoms with Crippen LogP contribution >= 0.6 is 0 Å². The number of carbonyl (C=O) groups is 2. The van der Waals surface area contributed by atoms with Crippen molar-refractivity contribution in [3.8, 4) is 0 Å². The Kier molecular flexibility index (Phi) is 57.0. The Labute approximate surface area is 430 Å². The fourth-order valence-corrected chi connectivity index (χ4v) is 9.43. The fourth-order valence-electron chi connectivity index (χ4n) is 9.43. The standard InChI is InChI=1S/C63H119NO5/c1-3-5-7-9-11-13-15-17-19-21-22-23-24-25-27-28-31-35-39-43-47-51-55-61(66)60(59-65)64-62(67)56-52-48-44-40-36-32-30-34-38-42-46-50-54-58-69-63(68)57-53-49-45-41-37-33-29-26-20-18-16-14-12-10-8-6-4-2/h12,14,18,20,51,55,60-61,65-66H,3-11,13,15-17,19,21-50,52-54,56-59H2,1-2H3,(H,64,67)/b14-12-,20-18-,55-51+. The average molecular weight is 971 g/mol. The number of nitrogens with one attached hydrogen (secondary N) is 1. The number of esters is 1. The summed E-state index contributed by atoms with van der Waals surface area (Å²) in [5.41, 5.74) is 0. The van der Waals surface area contributed by atoms with Gasteiger partial charge in [0.1, 0.15) is 0 Å². The van der Waals surface area contributed by atoms with Gasteiger partial charge in [-0.2, -0.15) is 0 Å². The molecule has 0 aliphatic rings. The van der Waals surface area contributed by atoms with E-state index in [0.29, 0.717) is 19.4 Å². The zero-order valence-electron chi connectivity index (χ0n) is 46.3. The maximum absolute atomic E-state index is 12.5. The van der Waals surface area contributed by atoms with E-state index >= 15 is 0 Å². The molecule has 0 aromatic rings. The summed E-state index contributed by atoms with van der Waals surface area (Å²) < 4.78 is 5.48. The number of hydrogen-bond acceptors (Lipinski definition) is 5. The van der Waals surface area contributed by atoms with Crippen molar-refractivity contribution >= 4 is 11.9 Å². The Morgan fingerprint density at radius 3 is 1.13 bits per heavy atom. The molecule has 0 radical (unpaired) electrons. The Hall–Kier alpha value is -1.92. The van der Waals surface area contributed by atoms with E-state index in [1.807, 2.05) is 6.08 Å². The van der Waals surface area contributed by atoms with Gasteiger partial charge in [-0.05, 0) is 64.2 Å². The number of hydrogen-bond donors (Lipinski definition) is 3. The molecular formula is C63H119NO5. The Balaban J connectivity index is 3.48. The van der Waals surface area contributed by atoms with E-state index in [1.165, 1.54) is 238 Å². The molecule has 0 saturated carbocycles. The van der Waals surface area contributed by atoms with Crippen LogP contribution in [0, 0.1) is 0 Å². The molecule has 2 unspecified atom stereocenters. The zero-order chi connectivity index (χ0) is 50.0. The number of unbranched alkanes of at least 4 members (excludes halogenated alkanes) is 42. The maximum atomic E-state index is 12.5. The smallest absolute Gasteiger partial charge is 0.305 e. The van der Waals surface area contributed by atoms with Gasteiger partial charge in [0.15, 0.2) is 0 Å². The van der Waals surface area contributed by atoms with E-state index in [-0.39, 0.29) is 18.5 Å². The van der Waals surface area contributed by atoms with Crippen molar-refractivity contribution in [1.29, 1.82) is 0 Å². The molecule has 69 heavy (non-hydrogen) atoms. The third-order valence-corrected chi connectivity index (χ3v) is 14.2. The molecular weight excluding hydrogens is 851 g/mol. The van der Waals surface area contributed by atoms with Gasteiger partial charge < -0.3 is 20.3 Å². The van der Waals surface area contributed by atoms with E-state index in [2.05, 4.69) is 43.5 Å². The first-order valence-electron chi connectivity index (χ1n) is 30.8. The fraction of sp³-hybridized carbons (Fsp3) is 0.873. The molecule has 0 aromatic heterocycles. The average Bonchev–Trinajstić information content (AvgIpc) is 3.35. The van der Waals surface area contributed by atoms with Crippen molar-refractivity contribution in [1.82, 2.24) is 5.32 Å². The first kappa shape index (κ1) is 67.1. The van der Waals surface area contributed by atoms with Crippen LogP contribution in [0.1, 0.15) is 328 Å². The Morgan fingerprint density at radius 1 is 0.406 bits per heavy atom. The summed E-state index contributed by atoms with van der Waals surface area (Å²) in [6.07, 6.45) is 73.1. The number of ether oxygens (including phenoxy) is 1. The summed E-state index contributed by atoms with van der Waals surface area (Å²) >= 11 is 0. The highest BCUT2D eigenvalue weighted by molar-refractivity contribution is 5.76. The van der Waals surface area contributed by atoms with Gasteiger partial charge in [-0.1, -0.05) is 288 Å². The number of amides is 1. The molecule has 1 amide bonds. The molecule has 0 aliphatic heterocycles. The van der Waals surface area contributed by atoms with E-state index in [0.717, 1.165) is 64.2 Å². The van der Waals surface area contributed by atoms with Crippen LogP contribution in [0.4, 0.5) is 0 Å². The molecule has 0 heterocycles. The van der Waals surface area contributed by atoms with Crippen LogP contribution in [0.2, 0.25) is 0 Å². The third-order valence-electron chi connectivity index (χ3n) is 14.2. The Morgan fingerprint density at radius 2 is 0.725 bits per heavy atom. The van der Waals surface area contributed by atoms with Gasteiger partial charge in [-0.25, -0.2) is 0 Å². The Bertz CT molecular complexity index is 1120. The summed E-state index contributed by atoms with van der Waals surface area (Å²) in [4.78, 5) is 24.6. The molecule has 0 aliphatic carbocycles. The summed E-state index contributed by atoms with van der Waals surface area (Å²) in [5, 5.41) is 23.2. The first-order chi connectivity index (χ1) is 34.0. The molecule has 0 saturated heterocycles. The van der Waals surface area contributed by atoms with E-state index in [1.54, 1.807) is 6.08 Å². The minimum Gasteiger partial charge on any atom is -0.466 e. The SMILES string of the molecule is CCCCC/C=C\C/C=C\CCCCCCCCCC(=O)OCCCCCCCCCCCCCCCC(=O)NC(CO)C(O)/C=C/CCCCCCCCCCCCCCCCCCCCCC. The van der Waals surface area contributed by atoms with E-state index in [9.17, 15) is 19.8 Å². The zero-order valence-corrected chi connectivity index (χ0v) is 46.3. The number of aliphatic hydroxyl groups is 2. The van der Waals surface area contributed by atoms with Crippen LogP contribution in [0.3, 0.4) is 0 Å². The first-order valence-corrected chi connectivity index (χ1v) is 30.8. The lowest BCUT2D eigenvalue weighted by molar-refractivity contribution is -0.143. The van der Waals surface area contributed by atoms with Crippen molar-refractivity contribution in [2.75, 3.05) is 13.2 Å². The van der Waals surface area contributed by atoms with Crippen LogP contribution in [-0.2, 0) is 14.3 Å². The van der Waals surface area contributed by atoms with Crippen molar-refractivity contribution in [2.45, 2.75) is 341 Å². The minimum absolute atomic E-state index is 0.0141. The largest absolute Gasteiger partial charge is 0.466 e. The van der Waals surface area contributed by atoms with Gasteiger partial charge in [0, 0.05) is 12.8 Å². The van der Waals surface area contributed by atoms with Crippen LogP contribution in [0.15, 0.2) is 36.5 Å². The highest BCUT2D eigenvalue weighted by atomic mass is 16.5. The van der Waals surface area contributed by atoms with Crippen molar-refractivity contribution in [2.24, 2.45) is 0 Å². The van der Waals surface area contributed by atoms with E-state index < -0.39 is 12.1 Å². The molecule has 0 fully saturated rings. The molecule has 0 bridgehead atoms. The summed E-state index contributed by atoms with van der Waals surface area (Å²) in [6, 6.07) is -0.640. The van der Waals surface area contributed by atoms with Gasteiger partial charge in [0.25, 0.3) is 0 Å². The quantitative estimate of drug-likeness (QED) is 0.0321. The normalized spacial score (nSPS) is 12.8. The highest BCUT2D eigenvalue weighted by Gasteiger charge is 2.18. The monoisotopic (exact) mass is 970 g/mol. The van der Waals surface area contributed by atoms with E-state index in [4.69, 9.17) is 4.74 Å². The third kappa shape index (κ3) is 55.2. The molecule has 6 nitrogen and oxygen atoms in total. The highest BCUT2D eigenvalue weighted by Crippen LogP contribution is 2.17. The van der Waals surface area contributed by atoms with Crippen molar-refractivity contribution < 1.29 is 24.5 Å². The lowest BCUT2D eigenvalue weighted by atomic mass is 10.0. The minimum atomic E-state index is -0.855. The van der Waals surface area contributed by atoms with Crippen LogP contribution in [-0.4, -0.2) is 47.4 Å². The summed E-state index contributed by atoms with van der Waals surface area (Å²) in [5.74, 6) is -0.0928. The molecule has 0 aromatic carbocycles. The number of carbonyl (C=O) groups excluding carboxylic acids is 2. The number of allylic oxidation sites excluding steroid dienone is 5. The van der Waals surface area contributed by atoms with Crippen LogP contribution in [0.5, 0.6) is 0 Å². The maximum Gasteiger partial charge on any atom is 0.305 e. The van der Waals surface area contributed by atoms with Gasteiger partial charge >= 0.3 is 5.97 Å². The molecule has 406 valence electrons. The molecule has 0 spiro atoms. The van der Waals surface area contributed by atoms with Gasteiger partial charge in [-0.15, -0.1) is 0 Å². The second-order valence-corrected chi connectivity index (χ2v) is 21.0. The number of rotatable bonds is 57. The number of aliphatic hydroxyl groups excluding tert-OH is 2.